The lowest BCUT2D eigenvalue weighted by Gasteiger charge is -2.32. The van der Waals surface area contributed by atoms with E-state index in [-0.39, 0.29) is 25.3 Å². The van der Waals surface area contributed by atoms with Gasteiger partial charge in [-0.25, -0.2) is 9.18 Å². The quantitative estimate of drug-likeness (QED) is 0.409. The molecular weight excluding hydrogens is 489 g/mol. The van der Waals surface area contributed by atoms with Gasteiger partial charge in [-0.15, -0.1) is 0 Å². The molecule has 3 atom stereocenters. The van der Waals surface area contributed by atoms with Gasteiger partial charge in [-0.1, -0.05) is 42.5 Å². The minimum atomic E-state index is -0.784. The zero-order chi connectivity index (χ0) is 26.7. The molecule has 9 heteroatoms. The van der Waals surface area contributed by atoms with Crippen LogP contribution in [0, 0.1) is 11.7 Å². The molecule has 1 saturated heterocycles. The van der Waals surface area contributed by atoms with Crippen LogP contribution in [0.15, 0.2) is 72.8 Å². The van der Waals surface area contributed by atoms with Crippen LogP contribution in [-0.2, 0) is 11.2 Å². The van der Waals surface area contributed by atoms with Crippen molar-refractivity contribution in [2.24, 2.45) is 17.4 Å². The Morgan fingerprint density at radius 2 is 1.82 bits per heavy atom. The van der Waals surface area contributed by atoms with Crippen LogP contribution in [0.3, 0.4) is 0 Å². The fourth-order valence-corrected chi connectivity index (χ4v) is 4.58. The molecule has 0 radical (unpaired) electrons. The lowest BCUT2D eigenvalue weighted by atomic mass is 9.81. The van der Waals surface area contributed by atoms with Crippen LogP contribution in [0.1, 0.15) is 23.5 Å². The van der Waals surface area contributed by atoms with E-state index in [0.717, 1.165) is 42.3 Å². The molecule has 0 aliphatic carbocycles. The summed E-state index contributed by atoms with van der Waals surface area (Å²) < 4.78 is 34.5. The summed E-state index contributed by atoms with van der Waals surface area (Å²) >= 11 is 0. The zero-order valence-electron chi connectivity index (χ0n) is 21.2. The number of halogens is 1. The molecule has 2 aliphatic heterocycles. The molecule has 1 fully saturated rings. The van der Waals surface area contributed by atoms with Crippen LogP contribution in [0.2, 0.25) is 0 Å². The third-order valence-corrected chi connectivity index (χ3v) is 6.49. The molecule has 0 bridgehead atoms. The lowest BCUT2D eigenvalue weighted by Crippen LogP contribution is -2.38. The predicted octanol–water partition coefficient (Wildman–Crippen LogP) is 3.98. The number of fused-ring (bicyclic) bond motifs is 1. The van der Waals surface area contributed by atoms with Crippen LogP contribution in [-0.4, -0.2) is 45.2 Å². The molecule has 38 heavy (non-hydrogen) atoms. The highest BCUT2D eigenvalue weighted by molar-refractivity contribution is 5.64. The molecule has 3 aromatic carbocycles. The molecule has 202 valence electrons. The van der Waals surface area contributed by atoms with E-state index in [2.05, 4.69) is 10.1 Å². The number of piperidine rings is 1. The maximum absolute atomic E-state index is 13.2. The number of amides is 1. The standard InChI is InChI=1S/C19H20FNO3.C10H14N2O2/c20-15-3-1-13(2-4-15)17-7-8-21-10-14(17)11-22-16-5-6-18-19(9-16)24-12-23-18;11-9(7-14-10(12)13)6-8-4-2-1-3-5-8/h1-6,9,14,17,21H,7-8,10-12H2;1-5,9H,6-7,11H2,(H2,12,13)/t14-,17-;9-/m01/s1. The Morgan fingerprint density at radius 3 is 2.58 bits per heavy atom. The number of rotatable bonds is 8. The van der Waals surface area contributed by atoms with Crippen molar-refractivity contribution in [3.05, 3.63) is 89.7 Å². The number of ether oxygens (including phenoxy) is 4. The molecule has 2 heterocycles. The number of nitrogens with one attached hydrogen (secondary N) is 1. The van der Waals surface area contributed by atoms with E-state index in [1.165, 1.54) is 17.7 Å². The number of nitrogens with two attached hydrogens (primary N) is 2. The van der Waals surface area contributed by atoms with Crippen molar-refractivity contribution < 1.29 is 28.1 Å². The topological polar surface area (TPSA) is 118 Å². The van der Waals surface area contributed by atoms with Gasteiger partial charge in [-0.2, -0.15) is 0 Å². The third kappa shape index (κ3) is 8.09. The fourth-order valence-electron chi connectivity index (χ4n) is 4.58. The molecule has 0 aromatic heterocycles. The van der Waals surface area contributed by atoms with Crippen LogP contribution < -0.4 is 31.0 Å². The summed E-state index contributed by atoms with van der Waals surface area (Å²) in [7, 11) is 0. The maximum atomic E-state index is 13.2. The van der Waals surface area contributed by atoms with Crippen molar-refractivity contribution in [1.29, 1.82) is 0 Å². The Morgan fingerprint density at radius 1 is 1.05 bits per heavy atom. The van der Waals surface area contributed by atoms with E-state index in [4.69, 9.17) is 25.7 Å². The predicted molar refractivity (Wildman–Crippen MR) is 142 cm³/mol. The van der Waals surface area contributed by atoms with E-state index in [1.54, 1.807) is 0 Å². The molecule has 2 aliphatic rings. The summed E-state index contributed by atoms with van der Waals surface area (Å²) in [5.74, 6) is 2.79. The number of hydrogen-bond acceptors (Lipinski definition) is 7. The molecule has 1 amide bonds. The largest absolute Gasteiger partial charge is 0.493 e. The lowest BCUT2D eigenvalue weighted by molar-refractivity contribution is 0.149. The smallest absolute Gasteiger partial charge is 0.404 e. The number of primary amides is 1. The summed E-state index contributed by atoms with van der Waals surface area (Å²) in [6, 6.07) is 22.1. The molecular formula is C29H34FN3O5. The molecule has 8 nitrogen and oxygen atoms in total. The van der Waals surface area contributed by atoms with Crippen molar-refractivity contribution in [3.8, 4) is 17.2 Å². The number of benzene rings is 3. The second-order valence-electron chi connectivity index (χ2n) is 9.32. The second-order valence-corrected chi connectivity index (χ2v) is 9.32. The Labute approximate surface area is 222 Å². The first-order valence-electron chi connectivity index (χ1n) is 12.7. The average molecular weight is 524 g/mol. The highest BCUT2D eigenvalue weighted by Crippen LogP contribution is 2.36. The Hall–Kier alpha value is -3.82. The number of hydrogen-bond donors (Lipinski definition) is 3. The maximum Gasteiger partial charge on any atom is 0.404 e. The minimum Gasteiger partial charge on any atom is -0.493 e. The van der Waals surface area contributed by atoms with Crippen LogP contribution in [0.25, 0.3) is 0 Å². The van der Waals surface area contributed by atoms with Gasteiger partial charge in [-0.05, 0) is 60.7 Å². The van der Waals surface area contributed by atoms with Gasteiger partial charge in [0, 0.05) is 24.6 Å². The van der Waals surface area contributed by atoms with Crippen LogP contribution >= 0.6 is 0 Å². The van der Waals surface area contributed by atoms with Gasteiger partial charge in [-0.3, -0.25) is 0 Å². The monoisotopic (exact) mass is 523 g/mol. The molecule has 5 N–H and O–H groups in total. The Balaban J connectivity index is 0.000000206. The molecule has 5 rings (SSSR count). The van der Waals surface area contributed by atoms with Gasteiger partial charge in [0.15, 0.2) is 11.5 Å². The van der Waals surface area contributed by atoms with Crippen LogP contribution in [0.4, 0.5) is 9.18 Å². The highest BCUT2D eigenvalue weighted by Gasteiger charge is 2.27. The summed E-state index contributed by atoms with van der Waals surface area (Å²) in [5.41, 5.74) is 12.8. The fraction of sp³-hybridized carbons (Fsp3) is 0.345. The second kappa shape index (κ2) is 13.6. The van der Waals surface area contributed by atoms with E-state index in [0.29, 0.717) is 24.9 Å². The van der Waals surface area contributed by atoms with Crippen LogP contribution in [0.5, 0.6) is 17.2 Å². The van der Waals surface area contributed by atoms with Gasteiger partial charge in [0.05, 0.1) is 6.61 Å². The summed E-state index contributed by atoms with van der Waals surface area (Å²) in [5, 5.41) is 3.43. The average Bonchev–Trinajstić information content (AvgIpc) is 3.40. The molecule has 3 aromatic rings. The van der Waals surface area contributed by atoms with Gasteiger partial charge in [0.25, 0.3) is 0 Å². The van der Waals surface area contributed by atoms with Gasteiger partial charge in [0.1, 0.15) is 18.2 Å². The van der Waals surface area contributed by atoms with Crippen molar-refractivity contribution in [2.75, 3.05) is 33.1 Å². The van der Waals surface area contributed by atoms with E-state index < -0.39 is 6.09 Å². The Bertz CT molecular complexity index is 1160. The SMILES string of the molecule is Fc1ccc([C@@H]2CCNC[C@H]2COc2ccc3c(c2)OCO3)cc1.NC(=O)OC[C@H](N)Cc1ccccc1. The van der Waals surface area contributed by atoms with Crippen molar-refractivity contribution in [2.45, 2.75) is 24.8 Å². The highest BCUT2D eigenvalue weighted by atomic mass is 19.1. The number of carbonyl (C=O) groups excluding carboxylic acids is 1. The summed E-state index contributed by atoms with van der Waals surface area (Å²) in [6.45, 7) is 2.89. The molecule has 0 spiro atoms. The summed E-state index contributed by atoms with van der Waals surface area (Å²) in [4.78, 5) is 10.3. The van der Waals surface area contributed by atoms with Crippen molar-refractivity contribution in [3.63, 3.8) is 0 Å². The van der Waals surface area contributed by atoms with E-state index in [1.807, 2.05) is 60.7 Å². The zero-order valence-corrected chi connectivity index (χ0v) is 21.2. The normalized spacial score (nSPS) is 18.6. The summed E-state index contributed by atoms with van der Waals surface area (Å²) in [6.07, 6.45) is 0.920. The Kier molecular flexibility index (Phi) is 9.77. The minimum absolute atomic E-state index is 0.157. The number of carbonyl (C=O) groups is 1. The first kappa shape index (κ1) is 27.2. The molecule has 0 saturated carbocycles. The first-order chi connectivity index (χ1) is 18.5. The van der Waals surface area contributed by atoms with E-state index >= 15 is 0 Å². The van der Waals surface area contributed by atoms with Gasteiger partial charge < -0.3 is 35.7 Å². The first-order valence-corrected chi connectivity index (χ1v) is 12.7. The van der Waals surface area contributed by atoms with Crippen molar-refractivity contribution in [1.82, 2.24) is 5.32 Å². The van der Waals surface area contributed by atoms with Crippen molar-refractivity contribution >= 4 is 6.09 Å². The van der Waals surface area contributed by atoms with Gasteiger partial charge in [0.2, 0.25) is 6.79 Å². The van der Waals surface area contributed by atoms with Gasteiger partial charge >= 0.3 is 6.09 Å². The molecule has 0 unspecified atom stereocenters. The van der Waals surface area contributed by atoms with E-state index in [9.17, 15) is 9.18 Å². The third-order valence-electron chi connectivity index (χ3n) is 6.49.